The number of aromatic nitrogens is 2. The fraction of sp³-hybridized carbons (Fsp3) is 0.211. The Hall–Kier alpha value is -2.78. The van der Waals surface area contributed by atoms with Crippen LogP contribution in [0.3, 0.4) is 0 Å². The van der Waals surface area contributed by atoms with Gasteiger partial charge in [0.25, 0.3) is 0 Å². The highest BCUT2D eigenvalue weighted by Gasteiger charge is 2.29. The van der Waals surface area contributed by atoms with Crippen LogP contribution in [0.25, 0.3) is 10.6 Å². The van der Waals surface area contributed by atoms with Crippen molar-refractivity contribution >= 4 is 38.1 Å². The maximum atomic E-state index is 12.7. The van der Waals surface area contributed by atoms with Crippen LogP contribution >= 0.6 is 11.3 Å². The lowest BCUT2D eigenvalue weighted by Crippen LogP contribution is -2.45. The quantitative estimate of drug-likeness (QED) is 0.666. The van der Waals surface area contributed by atoms with Crippen LogP contribution < -0.4 is 9.62 Å². The first-order valence-corrected chi connectivity index (χ1v) is 11.2. The highest BCUT2D eigenvalue weighted by Crippen LogP contribution is 2.27. The molecule has 0 aliphatic carbocycles. The summed E-state index contributed by atoms with van der Waals surface area (Å²) in [6, 6.07) is 15.4. The van der Waals surface area contributed by atoms with Gasteiger partial charge in [-0.15, -0.1) is 10.2 Å². The van der Waals surface area contributed by atoms with Crippen molar-refractivity contribution in [2.75, 3.05) is 15.9 Å². The lowest BCUT2D eigenvalue weighted by molar-refractivity contribution is -0.116. The molecular weight excluding hydrogens is 396 g/mol. The lowest BCUT2D eigenvalue weighted by atomic mass is 10.2. The highest BCUT2D eigenvalue weighted by molar-refractivity contribution is 7.92. The zero-order valence-electron chi connectivity index (χ0n) is 15.7. The molecule has 1 atom stereocenters. The Balaban J connectivity index is 1.79. The molecule has 0 saturated carbocycles. The third kappa shape index (κ3) is 4.55. The van der Waals surface area contributed by atoms with Crippen LogP contribution in [0.4, 0.5) is 10.8 Å². The van der Waals surface area contributed by atoms with Gasteiger partial charge in [0.2, 0.25) is 21.1 Å². The second kappa shape index (κ2) is 8.07. The standard InChI is InChI=1S/C19H20N4O3S2/c1-13-9-11-15(12-10-13)18-21-22-19(27-18)20-17(24)14(2)23(28(3,25)26)16-7-5-4-6-8-16/h4-12,14H,1-3H3,(H,20,22,24)/t14-/m1/s1. The molecule has 1 N–H and O–H groups in total. The van der Waals surface area contributed by atoms with E-state index in [2.05, 4.69) is 15.5 Å². The van der Waals surface area contributed by atoms with E-state index >= 15 is 0 Å². The lowest BCUT2D eigenvalue weighted by Gasteiger charge is -2.27. The minimum absolute atomic E-state index is 0.314. The van der Waals surface area contributed by atoms with Crippen LogP contribution in [0.1, 0.15) is 12.5 Å². The van der Waals surface area contributed by atoms with Gasteiger partial charge in [-0.05, 0) is 26.0 Å². The van der Waals surface area contributed by atoms with Crippen molar-refractivity contribution in [2.24, 2.45) is 0 Å². The van der Waals surface area contributed by atoms with Crippen molar-refractivity contribution in [2.45, 2.75) is 19.9 Å². The summed E-state index contributed by atoms with van der Waals surface area (Å²) in [5.74, 6) is -0.485. The van der Waals surface area contributed by atoms with Crippen LogP contribution in [0.5, 0.6) is 0 Å². The summed E-state index contributed by atoms with van der Waals surface area (Å²) in [6.45, 7) is 3.53. The molecule has 0 spiro atoms. The Morgan fingerprint density at radius 1 is 1.07 bits per heavy atom. The molecule has 7 nitrogen and oxygen atoms in total. The molecule has 0 fully saturated rings. The van der Waals surface area contributed by atoms with E-state index in [0.717, 1.165) is 21.7 Å². The summed E-state index contributed by atoms with van der Waals surface area (Å²) in [6.07, 6.45) is 1.07. The number of nitrogens with one attached hydrogen (secondary N) is 1. The van der Waals surface area contributed by atoms with Gasteiger partial charge in [-0.1, -0.05) is 59.4 Å². The maximum Gasteiger partial charge on any atom is 0.249 e. The van der Waals surface area contributed by atoms with E-state index in [4.69, 9.17) is 0 Å². The molecule has 0 aliphatic rings. The van der Waals surface area contributed by atoms with Gasteiger partial charge in [-0.3, -0.25) is 14.4 Å². The molecule has 3 rings (SSSR count). The van der Waals surface area contributed by atoms with E-state index in [1.807, 2.05) is 31.2 Å². The van der Waals surface area contributed by atoms with Crippen molar-refractivity contribution in [3.63, 3.8) is 0 Å². The number of carbonyl (C=O) groups is 1. The van der Waals surface area contributed by atoms with Crippen LogP contribution in [-0.4, -0.2) is 36.8 Å². The molecule has 0 bridgehead atoms. The zero-order chi connectivity index (χ0) is 20.3. The summed E-state index contributed by atoms with van der Waals surface area (Å²) in [5.41, 5.74) is 2.46. The zero-order valence-corrected chi connectivity index (χ0v) is 17.3. The average Bonchev–Trinajstić information content (AvgIpc) is 3.10. The number of sulfonamides is 1. The molecule has 1 aromatic heterocycles. The number of aryl methyl sites for hydroxylation is 1. The van der Waals surface area contributed by atoms with E-state index in [0.29, 0.717) is 15.8 Å². The minimum atomic E-state index is -3.66. The maximum absolute atomic E-state index is 12.7. The number of hydrogen-bond donors (Lipinski definition) is 1. The SMILES string of the molecule is Cc1ccc(-c2nnc(NC(=O)[C@@H](C)N(c3ccccc3)S(C)(=O)=O)s2)cc1. The predicted molar refractivity (Wildman–Crippen MR) is 112 cm³/mol. The van der Waals surface area contributed by atoms with E-state index in [1.54, 1.807) is 30.3 Å². The van der Waals surface area contributed by atoms with Gasteiger partial charge in [0.15, 0.2) is 0 Å². The van der Waals surface area contributed by atoms with Crippen molar-refractivity contribution in [3.05, 3.63) is 60.2 Å². The molecular formula is C19H20N4O3S2. The minimum Gasteiger partial charge on any atom is -0.299 e. The van der Waals surface area contributed by atoms with E-state index in [1.165, 1.54) is 18.3 Å². The smallest absolute Gasteiger partial charge is 0.249 e. The Morgan fingerprint density at radius 2 is 1.71 bits per heavy atom. The fourth-order valence-corrected chi connectivity index (χ4v) is 4.61. The molecule has 0 aliphatic heterocycles. The monoisotopic (exact) mass is 416 g/mol. The number of rotatable bonds is 6. The highest BCUT2D eigenvalue weighted by atomic mass is 32.2. The number of hydrogen-bond acceptors (Lipinski definition) is 6. The molecule has 0 saturated heterocycles. The second-order valence-electron chi connectivity index (χ2n) is 6.34. The van der Waals surface area contributed by atoms with Gasteiger partial charge in [0.1, 0.15) is 11.0 Å². The van der Waals surface area contributed by atoms with Crippen molar-refractivity contribution < 1.29 is 13.2 Å². The third-order valence-corrected chi connectivity index (χ3v) is 6.18. The first-order chi connectivity index (χ1) is 13.3. The van der Waals surface area contributed by atoms with E-state index in [-0.39, 0.29) is 0 Å². The van der Waals surface area contributed by atoms with Crippen molar-refractivity contribution in [1.82, 2.24) is 10.2 Å². The summed E-state index contributed by atoms with van der Waals surface area (Å²) < 4.78 is 25.6. The number of benzene rings is 2. The molecule has 1 heterocycles. The molecule has 2 aromatic carbocycles. The molecule has 0 radical (unpaired) electrons. The second-order valence-corrected chi connectivity index (χ2v) is 9.17. The van der Waals surface area contributed by atoms with Crippen LogP contribution in [0.2, 0.25) is 0 Å². The number of amides is 1. The largest absolute Gasteiger partial charge is 0.299 e. The van der Waals surface area contributed by atoms with Gasteiger partial charge in [0.05, 0.1) is 11.9 Å². The summed E-state index contributed by atoms with van der Waals surface area (Å²) in [5, 5.41) is 11.8. The molecule has 9 heteroatoms. The van der Waals surface area contributed by atoms with Crippen LogP contribution in [0, 0.1) is 6.92 Å². The molecule has 0 unspecified atom stereocenters. The normalized spacial score (nSPS) is 12.4. The van der Waals surface area contributed by atoms with E-state index < -0.39 is 22.0 Å². The number of para-hydroxylation sites is 1. The van der Waals surface area contributed by atoms with Gasteiger partial charge in [0, 0.05) is 5.56 Å². The number of anilines is 2. The van der Waals surface area contributed by atoms with Crippen LogP contribution in [0.15, 0.2) is 54.6 Å². The van der Waals surface area contributed by atoms with Crippen molar-refractivity contribution in [3.8, 4) is 10.6 Å². The number of nitrogens with zero attached hydrogens (tertiary/aromatic N) is 3. The van der Waals surface area contributed by atoms with Crippen LogP contribution in [-0.2, 0) is 14.8 Å². The fourth-order valence-electron chi connectivity index (χ4n) is 2.68. The average molecular weight is 417 g/mol. The Bertz CT molecular complexity index is 1060. The Kier molecular flexibility index (Phi) is 5.76. The summed E-state index contributed by atoms with van der Waals surface area (Å²) in [7, 11) is -3.66. The summed E-state index contributed by atoms with van der Waals surface area (Å²) in [4.78, 5) is 12.7. The van der Waals surface area contributed by atoms with Crippen molar-refractivity contribution in [1.29, 1.82) is 0 Å². The molecule has 1 amide bonds. The molecule has 3 aromatic rings. The molecule has 146 valence electrons. The Labute approximate surface area is 168 Å². The van der Waals surface area contributed by atoms with Gasteiger partial charge < -0.3 is 0 Å². The van der Waals surface area contributed by atoms with E-state index in [9.17, 15) is 13.2 Å². The topological polar surface area (TPSA) is 92.3 Å². The third-order valence-electron chi connectivity index (χ3n) is 4.05. The van der Waals surface area contributed by atoms with Gasteiger partial charge >= 0.3 is 0 Å². The predicted octanol–water partition coefficient (Wildman–Crippen LogP) is 3.31. The van der Waals surface area contributed by atoms with Gasteiger partial charge in [-0.25, -0.2) is 8.42 Å². The van der Waals surface area contributed by atoms with Gasteiger partial charge in [-0.2, -0.15) is 0 Å². The first kappa shape index (κ1) is 20.0. The first-order valence-electron chi connectivity index (χ1n) is 8.51. The summed E-state index contributed by atoms with van der Waals surface area (Å²) >= 11 is 1.23. The molecule has 28 heavy (non-hydrogen) atoms. The Morgan fingerprint density at radius 3 is 2.32 bits per heavy atom. The number of carbonyl (C=O) groups excluding carboxylic acids is 1.